The SMILES string of the molecule is CCCNC1(CO)CCC(Sc2nc3ccccc3o2)C1. The van der Waals surface area contributed by atoms with E-state index in [4.69, 9.17) is 4.42 Å². The summed E-state index contributed by atoms with van der Waals surface area (Å²) in [6.07, 6.45) is 4.15. The van der Waals surface area contributed by atoms with Gasteiger partial charge in [0, 0.05) is 10.8 Å². The summed E-state index contributed by atoms with van der Waals surface area (Å²) >= 11 is 1.70. The average molecular weight is 306 g/mol. The molecule has 5 heteroatoms. The molecule has 1 saturated carbocycles. The number of aliphatic hydroxyl groups is 1. The van der Waals surface area contributed by atoms with Gasteiger partial charge in [-0.15, -0.1) is 0 Å². The second-order valence-corrected chi connectivity index (χ2v) is 7.05. The van der Waals surface area contributed by atoms with Crippen molar-refractivity contribution in [2.75, 3.05) is 13.2 Å². The lowest BCUT2D eigenvalue weighted by Gasteiger charge is -2.28. The third-order valence-electron chi connectivity index (χ3n) is 4.16. The summed E-state index contributed by atoms with van der Waals surface area (Å²) < 4.78 is 5.78. The second kappa shape index (κ2) is 6.38. The summed E-state index contributed by atoms with van der Waals surface area (Å²) in [5, 5.41) is 14.4. The topological polar surface area (TPSA) is 58.3 Å². The molecule has 2 atom stereocenters. The highest BCUT2D eigenvalue weighted by atomic mass is 32.2. The number of nitrogens with zero attached hydrogens (tertiary/aromatic N) is 1. The Labute approximate surface area is 129 Å². The molecule has 3 rings (SSSR count). The van der Waals surface area contributed by atoms with Crippen LogP contribution in [0.15, 0.2) is 33.9 Å². The van der Waals surface area contributed by atoms with Gasteiger partial charge in [-0.2, -0.15) is 0 Å². The summed E-state index contributed by atoms with van der Waals surface area (Å²) in [5.74, 6) is 0. The third-order valence-corrected chi connectivity index (χ3v) is 5.27. The standard InChI is InChI=1S/C16H22N2O2S/c1-2-9-17-16(11-19)8-7-12(10-16)21-15-18-13-5-3-4-6-14(13)20-15/h3-6,12,17,19H,2,7-11H2,1H3. The van der Waals surface area contributed by atoms with Crippen LogP contribution in [0.3, 0.4) is 0 Å². The molecule has 1 fully saturated rings. The van der Waals surface area contributed by atoms with Crippen molar-refractivity contribution in [3.05, 3.63) is 24.3 Å². The van der Waals surface area contributed by atoms with Crippen molar-refractivity contribution in [2.24, 2.45) is 0 Å². The van der Waals surface area contributed by atoms with Crippen LogP contribution in [0.2, 0.25) is 0 Å². The molecule has 2 aromatic rings. The number of para-hydroxylation sites is 2. The van der Waals surface area contributed by atoms with Crippen LogP contribution >= 0.6 is 11.8 Å². The Morgan fingerprint density at radius 3 is 3.10 bits per heavy atom. The van der Waals surface area contributed by atoms with Gasteiger partial charge in [-0.1, -0.05) is 30.8 Å². The van der Waals surface area contributed by atoms with E-state index in [1.807, 2.05) is 24.3 Å². The molecular weight excluding hydrogens is 284 g/mol. The molecule has 1 aliphatic rings. The molecule has 0 aliphatic heterocycles. The van der Waals surface area contributed by atoms with Crippen LogP contribution in [-0.2, 0) is 0 Å². The van der Waals surface area contributed by atoms with Gasteiger partial charge in [-0.05, 0) is 44.4 Å². The molecule has 21 heavy (non-hydrogen) atoms. The van der Waals surface area contributed by atoms with Crippen molar-refractivity contribution in [2.45, 2.75) is 48.6 Å². The maximum absolute atomic E-state index is 9.73. The molecule has 4 nitrogen and oxygen atoms in total. The first-order valence-corrected chi connectivity index (χ1v) is 8.51. The molecule has 1 aromatic carbocycles. The van der Waals surface area contributed by atoms with Gasteiger partial charge in [0.1, 0.15) is 5.52 Å². The Morgan fingerprint density at radius 1 is 1.48 bits per heavy atom. The number of benzene rings is 1. The number of oxazole rings is 1. The van der Waals surface area contributed by atoms with Crippen LogP contribution in [0.1, 0.15) is 32.6 Å². The number of hydrogen-bond acceptors (Lipinski definition) is 5. The predicted molar refractivity (Wildman–Crippen MR) is 85.6 cm³/mol. The van der Waals surface area contributed by atoms with Crippen molar-refractivity contribution >= 4 is 22.9 Å². The molecule has 0 saturated heterocycles. The second-order valence-electron chi connectivity index (χ2n) is 5.80. The number of aliphatic hydroxyl groups excluding tert-OH is 1. The summed E-state index contributed by atoms with van der Waals surface area (Å²) in [7, 11) is 0. The Kier molecular flexibility index (Phi) is 4.52. The predicted octanol–water partition coefficient (Wildman–Crippen LogP) is 3.20. The first-order valence-electron chi connectivity index (χ1n) is 7.63. The van der Waals surface area contributed by atoms with E-state index in [1.165, 1.54) is 0 Å². The maximum Gasteiger partial charge on any atom is 0.257 e. The van der Waals surface area contributed by atoms with Crippen molar-refractivity contribution in [3.63, 3.8) is 0 Å². The van der Waals surface area contributed by atoms with Gasteiger partial charge >= 0.3 is 0 Å². The molecular formula is C16H22N2O2S. The van der Waals surface area contributed by atoms with Crippen molar-refractivity contribution in [1.82, 2.24) is 10.3 Å². The molecule has 0 spiro atoms. The molecule has 1 aromatic heterocycles. The number of aromatic nitrogens is 1. The highest BCUT2D eigenvalue weighted by molar-refractivity contribution is 7.99. The fourth-order valence-electron chi connectivity index (χ4n) is 2.97. The zero-order valence-corrected chi connectivity index (χ0v) is 13.2. The lowest BCUT2D eigenvalue weighted by molar-refractivity contribution is 0.165. The van der Waals surface area contributed by atoms with Crippen LogP contribution < -0.4 is 5.32 Å². The van der Waals surface area contributed by atoms with E-state index in [9.17, 15) is 5.11 Å². The molecule has 1 heterocycles. The molecule has 2 unspecified atom stereocenters. The van der Waals surface area contributed by atoms with Crippen LogP contribution in [0.4, 0.5) is 0 Å². The van der Waals surface area contributed by atoms with Gasteiger partial charge in [-0.25, -0.2) is 4.98 Å². The summed E-state index contributed by atoms with van der Waals surface area (Å²) in [6, 6.07) is 7.85. The van der Waals surface area contributed by atoms with E-state index >= 15 is 0 Å². The smallest absolute Gasteiger partial charge is 0.257 e. The van der Waals surface area contributed by atoms with E-state index < -0.39 is 0 Å². The summed E-state index contributed by atoms with van der Waals surface area (Å²) in [5.41, 5.74) is 1.64. The Bertz CT molecular complexity index is 568. The van der Waals surface area contributed by atoms with Gasteiger partial charge in [0.2, 0.25) is 0 Å². The van der Waals surface area contributed by atoms with Gasteiger partial charge in [-0.3, -0.25) is 0 Å². The van der Waals surface area contributed by atoms with Gasteiger partial charge in [0.05, 0.1) is 6.61 Å². The maximum atomic E-state index is 9.73. The molecule has 0 radical (unpaired) electrons. The molecule has 114 valence electrons. The normalized spacial score (nSPS) is 25.7. The zero-order chi connectivity index (χ0) is 14.7. The Hall–Kier alpha value is -1.04. The molecule has 0 amide bonds. The minimum absolute atomic E-state index is 0.111. The Balaban J connectivity index is 1.66. The quantitative estimate of drug-likeness (QED) is 0.858. The monoisotopic (exact) mass is 306 g/mol. The van der Waals surface area contributed by atoms with E-state index in [-0.39, 0.29) is 12.1 Å². The van der Waals surface area contributed by atoms with Crippen molar-refractivity contribution in [1.29, 1.82) is 0 Å². The van der Waals surface area contributed by atoms with Crippen LogP contribution in [-0.4, -0.2) is 34.0 Å². The lowest BCUT2D eigenvalue weighted by Crippen LogP contribution is -2.46. The van der Waals surface area contributed by atoms with Gasteiger partial charge in [0.25, 0.3) is 5.22 Å². The van der Waals surface area contributed by atoms with Crippen molar-refractivity contribution < 1.29 is 9.52 Å². The molecule has 1 aliphatic carbocycles. The highest BCUT2D eigenvalue weighted by Crippen LogP contribution is 2.40. The molecule has 0 bridgehead atoms. The fourth-order valence-corrected chi connectivity index (χ4v) is 4.18. The van der Waals surface area contributed by atoms with Crippen LogP contribution in [0.25, 0.3) is 11.1 Å². The number of rotatable bonds is 6. The Morgan fingerprint density at radius 2 is 2.33 bits per heavy atom. The largest absolute Gasteiger partial charge is 0.431 e. The van der Waals surface area contributed by atoms with Crippen LogP contribution in [0.5, 0.6) is 0 Å². The average Bonchev–Trinajstić information content (AvgIpc) is 3.09. The highest BCUT2D eigenvalue weighted by Gasteiger charge is 2.39. The zero-order valence-electron chi connectivity index (χ0n) is 12.3. The lowest BCUT2D eigenvalue weighted by atomic mass is 9.99. The summed E-state index contributed by atoms with van der Waals surface area (Å²) in [6.45, 7) is 3.32. The minimum atomic E-state index is -0.111. The minimum Gasteiger partial charge on any atom is -0.431 e. The summed E-state index contributed by atoms with van der Waals surface area (Å²) in [4.78, 5) is 4.53. The third kappa shape index (κ3) is 3.25. The molecule has 2 N–H and O–H groups in total. The van der Waals surface area contributed by atoms with Gasteiger partial charge < -0.3 is 14.8 Å². The van der Waals surface area contributed by atoms with Crippen molar-refractivity contribution in [3.8, 4) is 0 Å². The van der Waals surface area contributed by atoms with Crippen LogP contribution in [0, 0.1) is 0 Å². The first-order chi connectivity index (χ1) is 10.2. The van der Waals surface area contributed by atoms with E-state index in [0.717, 1.165) is 48.6 Å². The number of nitrogens with one attached hydrogen (secondary N) is 1. The number of fused-ring (bicyclic) bond motifs is 1. The van der Waals surface area contributed by atoms with E-state index in [0.29, 0.717) is 5.25 Å². The van der Waals surface area contributed by atoms with Gasteiger partial charge in [0.15, 0.2) is 5.58 Å². The number of hydrogen-bond donors (Lipinski definition) is 2. The number of thioether (sulfide) groups is 1. The van der Waals surface area contributed by atoms with E-state index in [1.54, 1.807) is 11.8 Å². The fraction of sp³-hybridized carbons (Fsp3) is 0.562. The van der Waals surface area contributed by atoms with E-state index in [2.05, 4.69) is 17.2 Å². The first kappa shape index (κ1) is 14.9.